The van der Waals surface area contributed by atoms with Crippen molar-refractivity contribution in [1.82, 2.24) is 5.32 Å². The molecule has 2 atom stereocenters. The van der Waals surface area contributed by atoms with E-state index in [2.05, 4.69) is 21.2 Å². The van der Waals surface area contributed by atoms with E-state index in [0.29, 0.717) is 6.04 Å². The van der Waals surface area contributed by atoms with Crippen LogP contribution in [-0.2, 0) is 6.42 Å². The Morgan fingerprint density at radius 1 is 1.50 bits per heavy atom. The molecule has 1 heterocycles. The summed E-state index contributed by atoms with van der Waals surface area (Å²) < 4.78 is 1.08. The molecule has 0 saturated carbocycles. The number of benzene rings is 1. The molecule has 1 aliphatic heterocycles. The van der Waals surface area contributed by atoms with Crippen LogP contribution in [0.5, 0.6) is 0 Å². The highest BCUT2D eigenvalue weighted by Gasteiger charge is 2.25. The van der Waals surface area contributed by atoms with Crippen molar-refractivity contribution in [2.75, 3.05) is 6.54 Å². The third-order valence-corrected chi connectivity index (χ3v) is 3.49. The molecule has 0 spiro atoms. The first-order valence-electron chi connectivity index (χ1n) is 4.92. The first-order chi connectivity index (χ1) is 6.77. The Morgan fingerprint density at radius 2 is 2.21 bits per heavy atom. The maximum atomic E-state index is 9.86. The Kier molecular flexibility index (Phi) is 3.21. The third kappa shape index (κ3) is 2.16. The molecule has 2 unspecified atom stereocenters. The van der Waals surface area contributed by atoms with Gasteiger partial charge in [-0.3, -0.25) is 0 Å². The molecule has 2 nitrogen and oxygen atoms in total. The molecule has 0 aliphatic carbocycles. The fraction of sp³-hybridized carbons (Fsp3) is 0.455. The SMILES string of the molecule is OC(Cc1ccccc1Br)C1CCN1. The molecule has 0 bridgehead atoms. The van der Waals surface area contributed by atoms with Crippen molar-refractivity contribution in [3.63, 3.8) is 0 Å². The summed E-state index contributed by atoms with van der Waals surface area (Å²) in [6.07, 6.45) is 1.55. The second kappa shape index (κ2) is 4.43. The van der Waals surface area contributed by atoms with Gasteiger partial charge in [-0.2, -0.15) is 0 Å². The smallest absolute Gasteiger partial charge is 0.0734 e. The van der Waals surface area contributed by atoms with Crippen molar-refractivity contribution in [2.45, 2.75) is 25.0 Å². The molecule has 0 aromatic heterocycles. The van der Waals surface area contributed by atoms with E-state index in [1.165, 1.54) is 5.56 Å². The van der Waals surface area contributed by atoms with Gasteiger partial charge in [-0.15, -0.1) is 0 Å². The highest BCUT2D eigenvalue weighted by atomic mass is 79.9. The predicted molar refractivity (Wildman–Crippen MR) is 60.3 cm³/mol. The summed E-state index contributed by atoms with van der Waals surface area (Å²) >= 11 is 3.48. The summed E-state index contributed by atoms with van der Waals surface area (Å²) in [6, 6.07) is 8.34. The van der Waals surface area contributed by atoms with Gasteiger partial charge in [0.1, 0.15) is 0 Å². The van der Waals surface area contributed by atoms with Crippen LogP contribution in [0, 0.1) is 0 Å². The largest absolute Gasteiger partial charge is 0.391 e. The normalized spacial score (nSPS) is 22.9. The highest BCUT2D eigenvalue weighted by molar-refractivity contribution is 9.10. The predicted octanol–water partition coefficient (Wildman–Crippen LogP) is 1.71. The van der Waals surface area contributed by atoms with Crippen LogP contribution in [0.25, 0.3) is 0 Å². The lowest BCUT2D eigenvalue weighted by Gasteiger charge is -2.32. The van der Waals surface area contributed by atoms with Crippen LogP contribution >= 0.6 is 15.9 Å². The highest BCUT2D eigenvalue weighted by Crippen LogP contribution is 2.20. The number of nitrogens with one attached hydrogen (secondary N) is 1. The summed E-state index contributed by atoms with van der Waals surface area (Å²) in [5.41, 5.74) is 1.17. The van der Waals surface area contributed by atoms with Crippen LogP contribution in [0.15, 0.2) is 28.7 Å². The Bertz CT molecular complexity index is 312. The zero-order valence-corrected chi connectivity index (χ0v) is 9.50. The molecule has 1 aromatic carbocycles. The molecular weight excluding hydrogens is 242 g/mol. The van der Waals surface area contributed by atoms with Crippen LogP contribution in [0.1, 0.15) is 12.0 Å². The summed E-state index contributed by atoms with van der Waals surface area (Å²) in [5.74, 6) is 0. The number of rotatable bonds is 3. The van der Waals surface area contributed by atoms with Crippen LogP contribution in [0.4, 0.5) is 0 Å². The lowest BCUT2D eigenvalue weighted by Crippen LogP contribution is -2.51. The Morgan fingerprint density at radius 3 is 2.79 bits per heavy atom. The molecule has 1 aliphatic rings. The van der Waals surface area contributed by atoms with Gasteiger partial charge in [0.25, 0.3) is 0 Å². The minimum atomic E-state index is -0.262. The number of hydrogen-bond donors (Lipinski definition) is 2. The fourth-order valence-electron chi connectivity index (χ4n) is 1.67. The zero-order chi connectivity index (χ0) is 9.97. The van der Waals surface area contributed by atoms with E-state index in [9.17, 15) is 5.11 Å². The standard InChI is InChI=1S/C11H14BrNO/c12-9-4-2-1-3-8(9)7-11(14)10-5-6-13-10/h1-4,10-11,13-14H,5-7H2. The number of hydrogen-bond acceptors (Lipinski definition) is 2. The van der Waals surface area contributed by atoms with E-state index >= 15 is 0 Å². The average Bonchev–Trinajstić information content (AvgIpc) is 2.05. The molecule has 0 radical (unpaired) electrons. The molecule has 2 rings (SSSR count). The van der Waals surface area contributed by atoms with Gasteiger partial charge in [-0.1, -0.05) is 34.1 Å². The van der Waals surface area contributed by atoms with Gasteiger partial charge >= 0.3 is 0 Å². The van der Waals surface area contributed by atoms with E-state index in [1.807, 2.05) is 24.3 Å². The van der Waals surface area contributed by atoms with Gasteiger partial charge in [0.2, 0.25) is 0 Å². The lowest BCUT2D eigenvalue weighted by atomic mass is 9.95. The minimum Gasteiger partial charge on any atom is -0.391 e. The van der Waals surface area contributed by atoms with E-state index in [-0.39, 0.29) is 6.10 Å². The van der Waals surface area contributed by atoms with Crippen molar-refractivity contribution in [1.29, 1.82) is 0 Å². The molecule has 1 fully saturated rings. The van der Waals surface area contributed by atoms with Crippen molar-refractivity contribution >= 4 is 15.9 Å². The molecule has 0 amide bonds. The molecule has 1 aromatic rings. The minimum absolute atomic E-state index is 0.262. The first-order valence-corrected chi connectivity index (χ1v) is 5.71. The van der Waals surface area contributed by atoms with Gasteiger partial charge in [0, 0.05) is 16.9 Å². The average molecular weight is 256 g/mol. The lowest BCUT2D eigenvalue weighted by molar-refractivity contribution is 0.0954. The van der Waals surface area contributed by atoms with Gasteiger partial charge in [0.05, 0.1) is 6.10 Å². The quantitative estimate of drug-likeness (QED) is 0.863. The van der Waals surface area contributed by atoms with Crippen LogP contribution in [0.2, 0.25) is 0 Å². The molecule has 3 heteroatoms. The van der Waals surface area contributed by atoms with E-state index in [4.69, 9.17) is 0 Å². The summed E-state index contributed by atoms with van der Waals surface area (Å²) in [6.45, 7) is 1.04. The van der Waals surface area contributed by atoms with Crippen LogP contribution in [-0.4, -0.2) is 23.8 Å². The second-order valence-electron chi connectivity index (χ2n) is 3.71. The molecule has 1 saturated heterocycles. The van der Waals surface area contributed by atoms with Gasteiger partial charge < -0.3 is 10.4 Å². The Hall–Kier alpha value is -0.380. The molecule has 14 heavy (non-hydrogen) atoms. The zero-order valence-electron chi connectivity index (χ0n) is 7.91. The molecule has 76 valence electrons. The first kappa shape index (κ1) is 10.1. The Balaban J connectivity index is 1.99. The van der Waals surface area contributed by atoms with Crippen LogP contribution in [0.3, 0.4) is 0 Å². The monoisotopic (exact) mass is 255 g/mol. The van der Waals surface area contributed by atoms with Crippen LogP contribution < -0.4 is 5.32 Å². The molecular formula is C11H14BrNO. The number of halogens is 1. The van der Waals surface area contributed by atoms with Crippen molar-refractivity contribution in [2.24, 2.45) is 0 Å². The van der Waals surface area contributed by atoms with Gasteiger partial charge in [-0.05, 0) is 24.6 Å². The van der Waals surface area contributed by atoms with Crippen molar-refractivity contribution < 1.29 is 5.11 Å². The maximum Gasteiger partial charge on any atom is 0.0734 e. The van der Waals surface area contributed by atoms with E-state index < -0.39 is 0 Å². The maximum absolute atomic E-state index is 9.86. The van der Waals surface area contributed by atoms with E-state index in [0.717, 1.165) is 23.9 Å². The van der Waals surface area contributed by atoms with Crippen molar-refractivity contribution in [3.05, 3.63) is 34.3 Å². The Labute approximate surface area is 92.5 Å². The summed E-state index contributed by atoms with van der Waals surface area (Å²) in [7, 11) is 0. The summed E-state index contributed by atoms with van der Waals surface area (Å²) in [5, 5.41) is 13.1. The topological polar surface area (TPSA) is 32.3 Å². The van der Waals surface area contributed by atoms with Gasteiger partial charge in [-0.25, -0.2) is 0 Å². The van der Waals surface area contributed by atoms with Gasteiger partial charge in [0.15, 0.2) is 0 Å². The second-order valence-corrected chi connectivity index (χ2v) is 4.57. The fourth-order valence-corrected chi connectivity index (χ4v) is 2.12. The van der Waals surface area contributed by atoms with E-state index in [1.54, 1.807) is 0 Å². The molecule has 2 N–H and O–H groups in total. The van der Waals surface area contributed by atoms with Crippen molar-refractivity contribution in [3.8, 4) is 0 Å². The summed E-state index contributed by atoms with van der Waals surface area (Å²) in [4.78, 5) is 0. The number of aliphatic hydroxyl groups excluding tert-OH is 1. The third-order valence-electron chi connectivity index (χ3n) is 2.71. The number of aliphatic hydroxyl groups is 1.